The van der Waals surface area contributed by atoms with Gasteiger partial charge in [0.05, 0.1) is 12.2 Å². The van der Waals surface area contributed by atoms with Crippen molar-refractivity contribution >= 4 is 11.9 Å². The fourth-order valence-corrected chi connectivity index (χ4v) is 1.27. The van der Waals surface area contributed by atoms with Gasteiger partial charge in [0.15, 0.2) is 0 Å². The molecule has 0 radical (unpaired) electrons. The highest BCUT2D eigenvalue weighted by molar-refractivity contribution is 5.87. The second kappa shape index (κ2) is 7.41. The minimum absolute atomic E-state index is 0.0234. The molecule has 0 aliphatic heterocycles. The van der Waals surface area contributed by atoms with E-state index in [4.69, 9.17) is 15.6 Å². The number of nitrogens with two attached hydrogens (primary N) is 1. The number of benzene rings is 1. The summed E-state index contributed by atoms with van der Waals surface area (Å²) in [4.78, 5) is 21.9. The Kier molecular flexibility index (Phi) is 5.83. The van der Waals surface area contributed by atoms with Crippen LogP contribution < -0.4 is 11.1 Å². The topological polar surface area (TPSA) is 102 Å². The summed E-state index contributed by atoms with van der Waals surface area (Å²) in [5.74, 6) is -1.20. The van der Waals surface area contributed by atoms with Gasteiger partial charge in [0, 0.05) is 13.1 Å². The van der Waals surface area contributed by atoms with Gasteiger partial charge in [0.25, 0.3) is 0 Å². The third-order valence-electron chi connectivity index (χ3n) is 2.19. The van der Waals surface area contributed by atoms with E-state index in [1.54, 1.807) is 12.1 Å². The number of hydrogen-bond donors (Lipinski definition) is 3. The van der Waals surface area contributed by atoms with Crippen LogP contribution in [0, 0.1) is 0 Å². The van der Waals surface area contributed by atoms with Gasteiger partial charge in [-0.05, 0) is 17.7 Å². The van der Waals surface area contributed by atoms with Crippen LogP contribution in [0.1, 0.15) is 15.9 Å². The first kappa shape index (κ1) is 14.1. The van der Waals surface area contributed by atoms with Gasteiger partial charge in [0.2, 0.25) is 5.91 Å². The van der Waals surface area contributed by atoms with Gasteiger partial charge in [-0.2, -0.15) is 0 Å². The predicted octanol–water partition coefficient (Wildman–Crippen LogP) is -0.0237. The molecule has 6 nitrogen and oxygen atoms in total. The number of carboxylic acids is 1. The monoisotopic (exact) mass is 252 g/mol. The molecule has 4 N–H and O–H groups in total. The van der Waals surface area contributed by atoms with E-state index in [0.29, 0.717) is 19.7 Å². The zero-order valence-electron chi connectivity index (χ0n) is 9.89. The minimum atomic E-state index is -0.972. The van der Waals surface area contributed by atoms with Crippen LogP contribution in [-0.4, -0.2) is 36.7 Å². The minimum Gasteiger partial charge on any atom is -0.478 e. The summed E-state index contributed by atoms with van der Waals surface area (Å²) in [6.07, 6.45) is 0. The standard InChI is InChI=1S/C12H16N2O4/c13-5-6-18-8-11(15)14-7-9-1-3-10(4-2-9)12(16)17/h1-4H,5-8,13H2,(H,14,15)(H,16,17). The maximum Gasteiger partial charge on any atom is 0.335 e. The van der Waals surface area contributed by atoms with Gasteiger partial charge in [-0.25, -0.2) is 4.79 Å². The molecular weight excluding hydrogens is 236 g/mol. The lowest BCUT2D eigenvalue weighted by Gasteiger charge is -2.06. The second-order valence-electron chi connectivity index (χ2n) is 3.62. The first-order valence-electron chi connectivity index (χ1n) is 5.50. The molecule has 0 aliphatic rings. The third-order valence-corrected chi connectivity index (χ3v) is 2.19. The molecule has 1 amide bonds. The van der Waals surface area contributed by atoms with E-state index >= 15 is 0 Å². The third kappa shape index (κ3) is 4.94. The molecule has 0 spiro atoms. The number of ether oxygens (including phenoxy) is 1. The average Bonchev–Trinajstić information content (AvgIpc) is 2.37. The average molecular weight is 252 g/mol. The molecule has 1 aromatic rings. The Bertz CT molecular complexity index is 403. The van der Waals surface area contributed by atoms with Crippen molar-refractivity contribution in [1.29, 1.82) is 0 Å². The molecule has 1 rings (SSSR count). The maximum atomic E-state index is 11.3. The number of nitrogens with one attached hydrogen (secondary N) is 1. The molecule has 0 saturated heterocycles. The Balaban J connectivity index is 2.34. The van der Waals surface area contributed by atoms with Crippen LogP contribution in [0.3, 0.4) is 0 Å². The summed E-state index contributed by atoms with van der Waals surface area (Å²) in [5.41, 5.74) is 6.26. The predicted molar refractivity (Wildman–Crippen MR) is 65.1 cm³/mol. The van der Waals surface area contributed by atoms with Gasteiger partial charge in [0.1, 0.15) is 6.61 Å². The summed E-state index contributed by atoms with van der Waals surface area (Å²) in [6.45, 7) is 1.04. The zero-order chi connectivity index (χ0) is 13.4. The Labute approximate surface area is 105 Å². The highest BCUT2D eigenvalue weighted by Crippen LogP contribution is 2.04. The lowest BCUT2D eigenvalue weighted by molar-refractivity contribution is -0.125. The smallest absolute Gasteiger partial charge is 0.335 e. The molecule has 0 bridgehead atoms. The molecule has 18 heavy (non-hydrogen) atoms. The number of amides is 1. The first-order chi connectivity index (χ1) is 8.63. The molecule has 0 atom stereocenters. The van der Waals surface area contributed by atoms with Crippen molar-refractivity contribution in [2.45, 2.75) is 6.54 Å². The zero-order valence-corrected chi connectivity index (χ0v) is 9.89. The SMILES string of the molecule is NCCOCC(=O)NCc1ccc(C(=O)O)cc1. The Hall–Kier alpha value is -1.92. The van der Waals surface area contributed by atoms with Crippen molar-refractivity contribution in [2.75, 3.05) is 19.8 Å². The van der Waals surface area contributed by atoms with Crippen molar-refractivity contribution in [3.63, 3.8) is 0 Å². The van der Waals surface area contributed by atoms with Crippen LogP contribution in [0.15, 0.2) is 24.3 Å². The second-order valence-corrected chi connectivity index (χ2v) is 3.62. The van der Waals surface area contributed by atoms with Crippen LogP contribution in [0.4, 0.5) is 0 Å². The van der Waals surface area contributed by atoms with Gasteiger partial charge >= 0.3 is 5.97 Å². The van der Waals surface area contributed by atoms with Crippen LogP contribution in [0.25, 0.3) is 0 Å². The molecule has 0 heterocycles. The van der Waals surface area contributed by atoms with Crippen molar-refractivity contribution in [3.8, 4) is 0 Å². The Morgan fingerprint density at radius 3 is 2.50 bits per heavy atom. The fraction of sp³-hybridized carbons (Fsp3) is 0.333. The van der Waals surface area contributed by atoms with E-state index in [0.717, 1.165) is 5.56 Å². The molecule has 0 saturated carbocycles. The summed E-state index contributed by atoms with van der Waals surface area (Å²) in [6, 6.07) is 6.30. The summed E-state index contributed by atoms with van der Waals surface area (Å²) in [7, 11) is 0. The van der Waals surface area contributed by atoms with Crippen molar-refractivity contribution in [2.24, 2.45) is 5.73 Å². The quantitative estimate of drug-likeness (QED) is 0.592. The van der Waals surface area contributed by atoms with Crippen LogP contribution in [-0.2, 0) is 16.1 Å². The number of carbonyl (C=O) groups is 2. The van der Waals surface area contributed by atoms with Crippen molar-refractivity contribution in [1.82, 2.24) is 5.32 Å². The summed E-state index contributed by atoms with van der Waals surface area (Å²) >= 11 is 0. The van der Waals surface area contributed by atoms with Gasteiger partial charge in [-0.1, -0.05) is 12.1 Å². The Morgan fingerprint density at radius 2 is 1.94 bits per heavy atom. The van der Waals surface area contributed by atoms with E-state index in [1.165, 1.54) is 12.1 Å². The molecule has 1 aromatic carbocycles. The molecular formula is C12H16N2O4. The van der Waals surface area contributed by atoms with Gasteiger partial charge < -0.3 is 20.9 Å². The van der Waals surface area contributed by atoms with E-state index in [9.17, 15) is 9.59 Å². The lowest BCUT2D eigenvalue weighted by atomic mass is 10.1. The van der Waals surface area contributed by atoms with Gasteiger partial charge in [-0.15, -0.1) is 0 Å². The van der Waals surface area contributed by atoms with E-state index < -0.39 is 5.97 Å². The molecule has 6 heteroatoms. The number of rotatable bonds is 7. The Morgan fingerprint density at radius 1 is 1.28 bits per heavy atom. The van der Waals surface area contributed by atoms with Gasteiger partial charge in [-0.3, -0.25) is 4.79 Å². The maximum absolute atomic E-state index is 11.3. The fourth-order valence-electron chi connectivity index (χ4n) is 1.27. The normalized spacial score (nSPS) is 10.1. The molecule has 0 aliphatic carbocycles. The number of carboxylic acid groups (broad SMARTS) is 1. The van der Waals surface area contributed by atoms with Crippen LogP contribution in [0.5, 0.6) is 0 Å². The number of carbonyl (C=O) groups excluding carboxylic acids is 1. The molecule has 0 aromatic heterocycles. The summed E-state index contributed by atoms with van der Waals surface area (Å²) in [5, 5.41) is 11.4. The van der Waals surface area contributed by atoms with E-state index in [1.807, 2.05) is 0 Å². The molecule has 98 valence electrons. The molecule has 0 unspecified atom stereocenters. The van der Waals surface area contributed by atoms with E-state index in [2.05, 4.69) is 5.32 Å². The van der Waals surface area contributed by atoms with Crippen LogP contribution >= 0.6 is 0 Å². The van der Waals surface area contributed by atoms with Crippen molar-refractivity contribution in [3.05, 3.63) is 35.4 Å². The highest BCUT2D eigenvalue weighted by Gasteiger charge is 2.03. The molecule has 0 fully saturated rings. The van der Waals surface area contributed by atoms with E-state index in [-0.39, 0.29) is 18.1 Å². The number of aromatic carboxylic acids is 1. The lowest BCUT2D eigenvalue weighted by Crippen LogP contribution is -2.28. The first-order valence-corrected chi connectivity index (χ1v) is 5.50. The highest BCUT2D eigenvalue weighted by atomic mass is 16.5. The largest absolute Gasteiger partial charge is 0.478 e. The summed E-state index contributed by atoms with van der Waals surface area (Å²) < 4.78 is 4.97. The number of hydrogen-bond acceptors (Lipinski definition) is 4. The van der Waals surface area contributed by atoms with Crippen LogP contribution in [0.2, 0.25) is 0 Å². The van der Waals surface area contributed by atoms with Crippen molar-refractivity contribution < 1.29 is 19.4 Å².